The molecule has 6 rings (SSSR count). The molecule has 4 aromatic rings. The number of anilines is 1. The first kappa shape index (κ1) is 34.1. The van der Waals surface area contributed by atoms with Gasteiger partial charge in [0.25, 0.3) is 0 Å². The van der Waals surface area contributed by atoms with E-state index in [1.54, 1.807) is 17.3 Å². The van der Waals surface area contributed by atoms with E-state index >= 15 is 4.39 Å². The van der Waals surface area contributed by atoms with E-state index in [1.807, 2.05) is 29.1 Å². The van der Waals surface area contributed by atoms with Gasteiger partial charge in [-0.3, -0.25) is 9.48 Å². The molecule has 256 valence electrons. The Balaban J connectivity index is 1.54. The second-order valence-electron chi connectivity index (χ2n) is 11.8. The molecule has 0 N–H and O–H groups in total. The average Bonchev–Trinajstić information content (AvgIpc) is 3.78. The maximum absolute atomic E-state index is 16.0. The minimum atomic E-state index is -0.893. The fourth-order valence-corrected chi connectivity index (χ4v) is 7.11. The maximum Gasteiger partial charge on any atom is 0.246 e. The Morgan fingerprint density at radius 1 is 1.12 bits per heavy atom. The summed E-state index contributed by atoms with van der Waals surface area (Å²) in [4.78, 5) is 33.3. The standard InChI is InChI=1S/C35H38F2N8O3S/c1-6-29(46)44-14-15-45-28(22(44)2)19-27(41-45)33-31(30(26(37)7-9-36)23(3)48-17-16-47-5)34-25(8-18-49-34)32(40-33)24-20-38-35(39-21-24)43-12-10-42(4)11-13-43/h6-9,18-22H,1,3,10-17H2,2,4-5H3/b9-7+,30-26-/t22-/m1/s1. The molecule has 1 atom stereocenters. The van der Waals surface area contributed by atoms with Gasteiger partial charge in [-0.15, -0.1) is 11.3 Å². The number of aromatic nitrogens is 5. The number of ether oxygens (including phenoxy) is 2. The minimum Gasteiger partial charge on any atom is -0.491 e. The number of likely N-dealkylation sites (N-methyl/N-ethyl adjacent to an activating group) is 1. The van der Waals surface area contributed by atoms with Gasteiger partial charge in [0.05, 0.1) is 42.5 Å². The van der Waals surface area contributed by atoms with Gasteiger partial charge >= 0.3 is 0 Å². The van der Waals surface area contributed by atoms with Crippen LogP contribution in [0.3, 0.4) is 0 Å². The minimum absolute atomic E-state index is 0.0156. The Labute approximate surface area is 287 Å². The summed E-state index contributed by atoms with van der Waals surface area (Å²) in [7, 11) is 3.62. The molecule has 0 saturated carbocycles. The summed E-state index contributed by atoms with van der Waals surface area (Å²) in [5.74, 6) is -0.453. The normalized spacial score (nSPS) is 17.4. The Morgan fingerprint density at radius 3 is 2.57 bits per heavy atom. The lowest BCUT2D eigenvalue weighted by atomic mass is 9.96. The molecule has 49 heavy (non-hydrogen) atoms. The quantitative estimate of drug-likeness (QED) is 0.0838. The molecule has 11 nitrogen and oxygen atoms in total. The second kappa shape index (κ2) is 14.8. The van der Waals surface area contributed by atoms with Crippen LogP contribution in [0.1, 0.15) is 24.2 Å². The Morgan fingerprint density at radius 2 is 1.88 bits per heavy atom. The van der Waals surface area contributed by atoms with Crippen molar-refractivity contribution in [3.05, 3.63) is 84.4 Å². The lowest BCUT2D eigenvalue weighted by Gasteiger charge is -2.33. The fraction of sp³-hybridized carbons (Fsp3) is 0.343. The highest BCUT2D eigenvalue weighted by Crippen LogP contribution is 2.44. The first-order valence-corrected chi connectivity index (χ1v) is 16.8. The summed E-state index contributed by atoms with van der Waals surface area (Å²) in [6.45, 7) is 14.3. The number of fused-ring (bicyclic) bond motifs is 2. The van der Waals surface area contributed by atoms with Crippen molar-refractivity contribution < 1.29 is 23.0 Å². The summed E-state index contributed by atoms with van der Waals surface area (Å²) in [5, 5.41) is 7.51. The third kappa shape index (κ3) is 6.76. The van der Waals surface area contributed by atoms with Gasteiger partial charge in [-0.1, -0.05) is 13.2 Å². The molecule has 0 aromatic carbocycles. The van der Waals surface area contributed by atoms with E-state index in [2.05, 4.69) is 30.0 Å². The smallest absolute Gasteiger partial charge is 0.246 e. The van der Waals surface area contributed by atoms with Gasteiger partial charge in [-0.25, -0.2) is 23.7 Å². The zero-order chi connectivity index (χ0) is 34.7. The molecule has 0 unspecified atom stereocenters. The highest BCUT2D eigenvalue weighted by molar-refractivity contribution is 7.17. The molecular weight excluding hydrogens is 651 g/mol. The average molecular weight is 689 g/mol. The molecule has 6 heterocycles. The van der Waals surface area contributed by atoms with Crippen LogP contribution in [0.2, 0.25) is 0 Å². The number of amides is 1. The summed E-state index contributed by atoms with van der Waals surface area (Å²) >= 11 is 1.38. The SMILES string of the molecule is C=CC(=O)N1CCn2nc(-c3nc(-c4cnc(N5CCN(C)CC5)nc4)c4ccsc4c3/C(C(=C)OCCOC)=C(F)/C=C/F)cc2[C@H]1C. The molecule has 0 spiro atoms. The number of pyridine rings is 1. The van der Waals surface area contributed by atoms with E-state index in [0.717, 1.165) is 43.3 Å². The maximum atomic E-state index is 16.0. The summed E-state index contributed by atoms with van der Waals surface area (Å²) in [6, 6.07) is 3.44. The van der Waals surface area contributed by atoms with E-state index in [0.29, 0.717) is 51.9 Å². The van der Waals surface area contributed by atoms with E-state index < -0.39 is 5.83 Å². The number of nitrogens with zero attached hydrogens (tertiary/aromatic N) is 8. The number of methoxy groups -OCH3 is 1. The van der Waals surface area contributed by atoms with Crippen molar-refractivity contribution in [3.8, 4) is 22.6 Å². The van der Waals surface area contributed by atoms with E-state index in [4.69, 9.17) is 29.5 Å². The number of halogens is 2. The number of thiophene rings is 1. The van der Waals surface area contributed by atoms with E-state index in [1.165, 1.54) is 24.5 Å². The molecule has 1 fully saturated rings. The van der Waals surface area contributed by atoms with Crippen molar-refractivity contribution in [2.45, 2.75) is 19.5 Å². The van der Waals surface area contributed by atoms with Crippen molar-refractivity contribution in [2.24, 2.45) is 0 Å². The topological polar surface area (TPSA) is 102 Å². The number of allylic oxidation sites excluding steroid dienone is 3. The largest absolute Gasteiger partial charge is 0.491 e. The first-order valence-electron chi connectivity index (χ1n) is 15.9. The van der Waals surface area contributed by atoms with Crippen LogP contribution < -0.4 is 4.90 Å². The van der Waals surface area contributed by atoms with Crippen LogP contribution in [0.5, 0.6) is 0 Å². The van der Waals surface area contributed by atoms with Crippen molar-refractivity contribution in [1.29, 1.82) is 0 Å². The highest BCUT2D eigenvalue weighted by Gasteiger charge is 2.31. The molecule has 0 radical (unpaired) electrons. The van der Waals surface area contributed by atoms with Crippen molar-refractivity contribution in [3.63, 3.8) is 0 Å². The zero-order valence-corrected chi connectivity index (χ0v) is 28.6. The zero-order valence-electron chi connectivity index (χ0n) is 27.7. The van der Waals surface area contributed by atoms with Crippen LogP contribution in [-0.2, 0) is 20.8 Å². The van der Waals surface area contributed by atoms with Crippen LogP contribution in [-0.4, -0.2) is 101 Å². The van der Waals surface area contributed by atoms with Crippen LogP contribution >= 0.6 is 11.3 Å². The number of hydrogen-bond donors (Lipinski definition) is 0. The molecule has 0 aliphatic carbocycles. The van der Waals surface area contributed by atoms with Crippen molar-refractivity contribution >= 4 is 38.9 Å². The van der Waals surface area contributed by atoms with Gasteiger partial charge in [0.2, 0.25) is 11.9 Å². The Kier molecular flexibility index (Phi) is 10.3. The van der Waals surface area contributed by atoms with Crippen molar-refractivity contribution in [2.75, 3.05) is 65.0 Å². The Bertz CT molecular complexity index is 1930. The predicted molar refractivity (Wildman–Crippen MR) is 187 cm³/mol. The molecule has 14 heteroatoms. The molecule has 1 amide bonds. The van der Waals surface area contributed by atoms with Gasteiger partial charge in [0, 0.05) is 79.5 Å². The van der Waals surface area contributed by atoms with Crippen LogP contribution in [0.15, 0.2) is 73.1 Å². The third-order valence-electron chi connectivity index (χ3n) is 8.81. The van der Waals surface area contributed by atoms with Gasteiger partial charge in [0.1, 0.15) is 29.6 Å². The number of carbonyl (C=O) groups excluding carboxylic acids is 1. The lowest BCUT2D eigenvalue weighted by molar-refractivity contribution is -0.129. The van der Waals surface area contributed by atoms with E-state index in [-0.39, 0.29) is 42.8 Å². The number of carbonyl (C=O) groups is 1. The molecule has 2 aliphatic heterocycles. The molecule has 1 saturated heterocycles. The number of rotatable bonds is 11. The molecule has 4 aromatic heterocycles. The summed E-state index contributed by atoms with van der Waals surface area (Å²) in [6.07, 6.45) is 5.65. The van der Waals surface area contributed by atoms with E-state index in [9.17, 15) is 9.18 Å². The van der Waals surface area contributed by atoms with Gasteiger partial charge in [-0.2, -0.15) is 5.10 Å². The monoisotopic (exact) mass is 688 g/mol. The van der Waals surface area contributed by atoms with Gasteiger partial charge in [-0.05, 0) is 37.6 Å². The van der Waals surface area contributed by atoms with Crippen molar-refractivity contribution in [1.82, 2.24) is 34.5 Å². The van der Waals surface area contributed by atoms with Crippen LogP contribution in [0.4, 0.5) is 14.7 Å². The predicted octanol–water partition coefficient (Wildman–Crippen LogP) is 5.80. The van der Waals surface area contributed by atoms with Crippen LogP contribution in [0.25, 0.3) is 38.3 Å². The van der Waals surface area contributed by atoms with Gasteiger partial charge < -0.3 is 24.2 Å². The van der Waals surface area contributed by atoms with Gasteiger partial charge in [0.15, 0.2) is 0 Å². The van der Waals surface area contributed by atoms with Crippen LogP contribution in [0, 0.1) is 0 Å². The Hall–Kier alpha value is -4.79. The highest BCUT2D eigenvalue weighted by atomic mass is 32.1. The molecule has 0 bridgehead atoms. The molecule has 2 aliphatic rings. The third-order valence-corrected chi connectivity index (χ3v) is 9.74. The fourth-order valence-electron chi connectivity index (χ4n) is 6.16. The number of piperazine rings is 1. The second-order valence-corrected chi connectivity index (χ2v) is 12.7. The first-order chi connectivity index (χ1) is 23.7. The number of hydrogen-bond acceptors (Lipinski definition) is 10. The summed E-state index contributed by atoms with van der Waals surface area (Å²) < 4.78 is 43.0. The lowest BCUT2D eigenvalue weighted by Crippen LogP contribution is -2.45. The summed E-state index contributed by atoms with van der Waals surface area (Å²) in [5.41, 5.74) is 3.09. The molecular formula is C35H38F2N8O3S.